The van der Waals surface area contributed by atoms with Crippen molar-refractivity contribution >= 4 is 11.9 Å². The maximum atomic E-state index is 10.3. The summed E-state index contributed by atoms with van der Waals surface area (Å²) in [6.07, 6.45) is 7.19. The fraction of sp³-hybridized carbons (Fsp3) is 0.600. The molecule has 4 heteroatoms. The number of isocyanates is 1. The molecule has 1 aromatic rings. The molecule has 0 radical (unpaired) electrons. The minimum atomic E-state index is 0.692. The molecule has 0 N–H and O–H groups in total. The van der Waals surface area contributed by atoms with Gasteiger partial charge in [-0.2, -0.15) is 5.10 Å². The summed E-state index contributed by atoms with van der Waals surface area (Å²) < 4.78 is 1.68. The van der Waals surface area contributed by atoms with Crippen molar-refractivity contribution < 1.29 is 4.79 Å². The molecule has 0 spiro atoms. The first kappa shape index (κ1) is 9.16. The van der Waals surface area contributed by atoms with Gasteiger partial charge in [0.1, 0.15) is 0 Å². The molecule has 0 bridgehead atoms. The van der Waals surface area contributed by atoms with Crippen molar-refractivity contribution in [3.05, 3.63) is 11.3 Å². The molecule has 74 valence electrons. The Morgan fingerprint density at radius 3 is 2.93 bits per heavy atom. The molecule has 1 aliphatic carbocycles. The lowest BCUT2D eigenvalue weighted by Gasteiger charge is -1.96. The third-order valence-corrected chi connectivity index (χ3v) is 2.69. The van der Waals surface area contributed by atoms with Crippen LogP contribution in [0.15, 0.2) is 4.99 Å². The molecule has 0 amide bonds. The number of hydrogen-bond donors (Lipinski definition) is 0. The Hall–Kier alpha value is -1.41. The average Bonchev–Trinajstić information content (AvgIpc) is 2.39. The quantitative estimate of drug-likeness (QED) is 0.385. The lowest BCUT2D eigenvalue weighted by molar-refractivity contribution is 0.564. The first-order valence-corrected chi connectivity index (χ1v) is 4.95. The molecule has 4 nitrogen and oxygen atoms in total. The molecule has 1 heterocycles. The van der Waals surface area contributed by atoms with Crippen LogP contribution in [0, 0.1) is 0 Å². The van der Waals surface area contributed by atoms with Gasteiger partial charge in [0.05, 0.1) is 5.69 Å². The van der Waals surface area contributed by atoms with Crippen molar-refractivity contribution in [2.45, 2.75) is 32.1 Å². The Morgan fingerprint density at radius 2 is 2.14 bits per heavy atom. The summed E-state index contributed by atoms with van der Waals surface area (Å²) in [4.78, 5) is 14.0. The molecule has 14 heavy (non-hydrogen) atoms. The highest BCUT2D eigenvalue weighted by molar-refractivity contribution is 5.51. The standard InChI is InChI=1S/C10H13N3O/c1-13-10(11-7-14)8-5-3-2-4-6-9(8)12-13/h2-6H2,1H3. The Kier molecular flexibility index (Phi) is 2.46. The van der Waals surface area contributed by atoms with Gasteiger partial charge in [-0.15, -0.1) is 4.99 Å². The zero-order valence-electron chi connectivity index (χ0n) is 8.29. The molecule has 0 unspecified atom stereocenters. The number of aromatic nitrogens is 2. The molecule has 1 aliphatic rings. The third-order valence-electron chi connectivity index (χ3n) is 2.69. The van der Waals surface area contributed by atoms with Gasteiger partial charge in [0.25, 0.3) is 0 Å². The highest BCUT2D eigenvalue weighted by atomic mass is 16.1. The molecule has 0 atom stereocenters. The molecule has 0 aliphatic heterocycles. The minimum Gasteiger partial charge on any atom is -0.250 e. The zero-order valence-corrected chi connectivity index (χ0v) is 8.29. The van der Waals surface area contributed by atoms with Gasteiger partial charge in [0, 0.05) is 12.6 Å². The van der Waals surface area contributed by atoms with Gasteiger partial charge in [-0.05, 0) is 25.7 Å². The van der Waals surface area contributed by atoms with Crippen LogP contribution in [-0.4, -0.2) is 15.9 Å². The van der Waals surface area contributed by atoms with Gasteiger partial charge in [0.2, 0.25) is 6.08 Å². The van der Waals surface area contributed by atoms with Crippen molar-refractivity contribution in [1.29, 1.82) is 0 Å². The number of aryl methyl sites for hydroxylation is 2. The van der Waals surface area contributed by atoms with E-state index in [4.69, 9.17) is 0 Å². The third kappa shape index (κ3) is 1.49. The summed E-state index contributed by atoms with van der Waals surface area (Å²) in [6, 6.07) is 0. The molecule has 0 aromatic carbocycles. The van der Waals surface area contributed by atoms with E-state index in [-0.39, 0.29) is 0 Å². The van der Waals surface area contributed by atoms with E-state index < -0.39 is 0 Å². The van der Waals surface area contributed by atoms with Crippen LogP contribution in [0.1, 0.15) is 30.5 Å². The second kappa shape index (κ2) is 3.76. The summed E-state index contributed by atoms with van der Waals surface area (Å²) >= 11 is 0. The second-order valence-electron chi connectivity index (χ2n) is 3.64. The van der Waals surface area contributed by atoms with Crippen LogP contribution >= 0.6 is 0 Å². The fourth-order valence-corrected chi connectivity index (χ4v) is 2.02. The Morgan fingerprint density at radius 1 is 1.36 bits per heavy atom. The maximum absolute atomic E-state index is 10.3. The number of rotatable bonds is 1. The van der Waals surface area contributed by atoms with Crippen LogP contribution in [-0.2, 0) is 24.7 Å². The van der Waals surface area contributed by atoms with Gasteiger partial charge in [-0.3, -0.25) is 0 Å². The van der Waals surface area contributed by atoms with Crippen molar-refractivity contribution in [2.75, 3.05) is 0 Å². The highest BCUT2D eigenvalue weighted by Crippen LogP contribution is 2.27. The predicted octanol–water partition coefficient (Wildman–Crippen LogP) is 1.66. The van der Waals surface area contributed by atoms with Crippen LogP contribution in [0.5, 0.6) is 0 Å². The van der Waals surface area contributed by atoms with Crippen molar-refractivity contribution in [1.82, 2.24) is 9.78 Å². The van der Waals surface area contributed by atoms with Gasteiger partial charge in [-0.25, -0.2) is 9.48 Å². The first-order chi connectivity index (χ1) is 6.83. The summed E-state index contributed by atoms with van der Waals surface area (Å²) in [5.74, 6) is 0.692. The van der Waals surface area contributed by atoms with E-state index >= 15 is 0 Å². The second-order valence-corrected chi connectivity index (χ2v) is 3.64. The first-order valence-electron chi connectivity index (χ1n) is 4.95. The number of carbonyl (C=O) groups excluding carboxylic acids is 1. The summed E-state index contributed by atoms with van der Waals surface area (Å²) in [7, 11) is 1.82. The van der Waals surface area contributed by atoms with Gasteiger partial charge >= 0.3 is 0 Å². The van der Waals surface area contributed by atoms with Crippen molar-refractivity contribution in [2.24, 2.45) is 12.0 Å². The van der Waals surface area contributed by atoms with E-state index in [0.717, 1.165) is 24.1 Å². The topological polar surface area (TPSA) is 47.2 Å². The van der Waals surface area contributed by atoms with E-state index in [1.54, 1.807) is 10.8 Å². The number of aliphatic imine (C=N–C) groups is 1. The van der Waals surface area contributed by atoms with E-state index in [2.05, 4.69) is 10.1 Å². The van der Waals surface area contributed by atoms with Gasteiger partial charge in [-0.1, -0.05) is 6.42 Å². The Bertz CT molecular complexity index is 388. The maximum Gasteiger partial charge on any atom is 0.242 e. The monoisotopic (exact) mass is 191 g/mol. The normalized spacial score (nSPS) is 15.5. The molecule has 0 saturated heterocycles. The van der Waals surface area contributed by atoms with E-state index in [1.165, 1.54) is 19.3 Å². The smallest absolute Gasteiger partial charge is 0.242 e. The predicted molar refractivity (Wildman–Crippen MR) is 52.2 cm³/mol. The Balaban J connectivity index is 2.48. The average molecular weight is 191 g/mol. The van der Waals surface area contributed by atoms with Crippen LogP contribution in [0.4, 0.5) is 5.82 Å². The number of nitrogens with zero attached hydrogens (tertiary/aromatic N) is 3. The van der Waals surface area contributed by atoms with Crippen molar-refractivity contribution in [3.8, 4) is 0 Å². The number of hydrogen-bond acceptors (Lipinski definition) is 3. The molecule has 0 fully saturated rings. The summed E-state index contributed by atoms with van der Waals surface area (Å²) in [5.41, 5.74) is 2.26. The number of fused-ring (bicyclic) bond motifs is 1. The largest absolute Gasteiger partial charge is 0.250 e. The van der Waals surface area contributed by atoms with Crippen molar-refractivity contribution in [3.63, 3.8) is 0 Å². The van der Waals surface area contributed by atoms with Crippen LogP contribution in [0.3, 0.4) is 0 Å². The summed E-state index contributed by atoms with van der Waals surface area (Å²) in [6.45, 7) is 0. The van der Waals surface area contributed by atoms with E-state index in [1.807, 2.05) is 7.05 Å². The van der Waals surface area contributed by atoms with Gasteiger partial charge < -0.3 is 0 Å². The zero-order chi connectivity index (χ0) is 9.97. The van der Waals surface area contributed by atoms with E-state index in [0.29, 0.717) is 5.82 Å². The van der Waals surface area contributed by atoms with Crippen LogP contribution in [0.25, 0.3) is 0 Å². The fourth-order valence-electron chi connectivity index (χ4n) is 2.02. The molecule has 2 rings (SSSR count). The Labute approximate surface area is 82.6 Å². The molecule has 0 saturated carbocycles. The highest BCUT2D eigenvalue weighted by Gasteiger charge is 2.17. The van der Waals surface area contributed by atoms with Crippen LogP contribution in [0.2, 0.25) is 0 Å². The molecular weight excluding hydrogens is 178 g/mol. The van der Waals surface area contributed by atoms with Crippen LogP contribution < -0.4 is 0 Å². The van der Waals surface area contributed by atoms with Gasteiger partial charge in [0.15, 0.2) is 5.82 Å². The molecular formula is C10H13N3O. The SMILES string of the molecule is Cn1nc2c(c1N=C=O)CCCCC2. The van der Waals surface area contributed by atoms with E-state index in [9.17, 15) is 4.79 Å². The lowest BCUT2D eigenvalue weighted by Crippen LogP contribution is -1.91. The summed E-state index contributed by atoms with van der Waals surface area (Å²) in [5, 5.41) is 4.37. The minimum absolute atomic E-state index is 0.692. The lowest BCUT2D eigenvalue weighted by atomic mass is 10.1. The molecule has 1 aromatic heterocycles.